The van der Waals surface area contributed by atoms with E-state index in [2.05, 4.69) is 17.9 Å². The van der Waals surface area contributed by atoms with Crippen LogP contribution in [0.2, 0.25) is 0 Å². The number of carbonyl (C=O) groups excluding carboxylic acids is 1. The van der Waals surface area contributed by atoms with Crippen molar-refractivity contribution in [1.29, 1.82) is 0 Å². The summed E-state index contributed by atoms with van der Waals surface area (Å²) in [7, 11) is 0. The molecule has 0 bridgehead atoms. The van der Waals surface area contributed by atoms with E-state index in [0.29, 0.717) is 5.75 Å². The van der Waals surface area contributed by atoms with Crippen LogP contribution in [0.5, 0.6) is 0 Å². The van der Waals surface area contributed by atoms with Gasteiger partial charge in [-0.2, -0.15) is 12.6 Å². The molecule has 86 valence electrons. The second-order valence-electron chi connectivity index (χ2n) is 2.86. The van der Waals surface area contributed by atoms with Crippen molar-refractivity contribution in [3.8, 4) is 0 Å². The molecule has 0 unspecified atom stereocenters. The molecule has 0 radical (unpaired) electrons. The number of rotatable bonds is 7. The molecule has 0 aliphatic rings. The van der Waals surface area contributed by atoms with E-state index in [4.69, 9.17) is 10.2 Å². The van der Waals surface area contributed by atoms with E-state index in [1.54, 1.807) is 0 Å². The monoisotopic (exact) mass is 235 g/mol. The Balaban J connectivity index is 3.99. The highest BCUT2D eigenvalue weighted by atomic mass is 32.1. The maximum atomic E-state index is 11.1. The summed E-state index contributed by atoms with van der Waals surface area (Å²) in [6.45, 7) is 0. The Morgan fingerprint density at radius 3 is 2.20 bits per heavy atom. The summed E-state index contributed by atoms with van der Waals surface area (Å²) in [5, 5.41) is 19.2. The fourth-order valence-electron chi connectivity index (χ4n) is 0.873. The fraction of sp³-hybridized carbons (Fsp3) is 0.625. The molecule has 7 heteroatoms. The van der Waals surface area contributed by atoms with Crippen LogP contribution in [0.1, 0.15) is 19.3 Å². The number of carboxylic acid groups (broad SMARTS) is 2. The molecular formula is C8H13NO5S. The van der Waals surface area contributed by atoms with Gasteiger partial charge in [0.2, 0.25) is 5.91 Å². The zero-order chi connectivity index (χ0) is 11.8. The quantitative estimate of drug-likeness (QED) is 0.455. The Bertz CT molecular complexity index is 255. The third-order valence-electron chi connectivity index (χ3n) is 1.62. The van der Waals surface area contributed by atoms with Gasteiger partial charge in [0.1, 0.15) is 6.04 Å². The van der Waals surface area contributed by atoms with Gasteiger partial charge in [-0.3, -0.25) is 9.59 Å². The van der Waals surface area contributed by atoms with Gasteiger partial charge in [-0.25, -0.2) is 4.79 Å². The SMILES string of the molecule is O=C(O)CCC(=O)N[C@H](CCS)C(=O)O. The van der Waals surface area contributed by atoms with Crippen molar-refractivity contribution >= 4 is 30.5 Å². The van der Waals surface area contributed by atoms with Crippen molar-refractivity contribution in [3.63, 3.8) is 0 Å². The summed E-state index contributed by atoms with van der Waals surface area (Å²) in [5.74, 6) is -2.48. The molecule has 0 heterocycles. The molecule has 1 atom stereocenters. The van der Waals surface area contributed by atoms with Crippen LogP contribution in [-0.4, -0.2) is 39.9 Å². The lowest BCUT2D eigenvalue weighted by Crippen LogP contribution is -2.41. The highest BCUT2D eigenvalue weighted by Crippen LogP contribution is 1.97. The molecule has 15 heavy (non-hydrogen) atoms. The second kappa shape index (κ2) is 7.10. The van der Waals surface area contributed by atoms with Gasteiger partial charge in [-0.15, -0.1) is 0 Å². The molecule has 3 N–H and O–H groups in total. The minimum atomic E-state index is -1.15. The Labute approximate surface area is 92.1 Å². The van der Waals surface area contributed by atoms with Crippen LogP contribution in [0, 0.1) is 0 Å². The van der Waals surface area contributed by atoms with Crippen molar-refractivity contribution in [1.82, 2.24) is 5.32 Å². The van der Waals surface area contributed by atoms with E-state index in [9.17, 15) is 14.4 Å². The minimum Gasteiger partial charge on any atom is -0.481 e. The molecule has 0 spiro atoms. The number of aliphatic carboxylic acids is 2. The highest BCUT2D eigenvalue weighted by Gasteiger charge is 2.18. The van der Waals surface area contributed by atoms with Crippen LogP contribution in [0.15, 0.2) is 0 Å². The van der Waals surface area contributed by atoms with E-state index in [1.165, 1.54) is 0 Å². The maximum Gasteiger partial charge on any atom is 0.326 e. The highest BCUT2D eigenvalue weighted by molar-refractivity contribution is 7.80. The molecule has 0 aliphatic heterocycles. The summed E-state index contributed by atoms with van der Waals surface area (Å²) in [4.78, 5) is 31.8. The van der Waals surface area contributed by atoms with Gasteiger partial charge < -0.3 is 15.5 Å². The summed E-state index contributed by atoms with van der Waals surface area (Å²) < 4.78 is 0. The van der Waals surface area contributed by atoms with E-state index >= 15 is 0 Å². The summed E-state index contributed by atoms with van der Waals surface area (Å²) in [6.07, 6.45) is -0.317. The molecule has 0 saturated carbocycles. The van der Waals surface area contributed by atoms with Crippen molar-refractivity contribution < 1.29 is 24.6 Å². The molecular weight excluding hydrogens is 222 g/mol. The van der Waals surface area contributed by atoms with Crippen molar-refractivity contribution in [3.05, 3.63) is 0 Å². The Kier molecular flexibility index (Phi) is 6.52. The number of carbonyl (C=O) groups is 3. The smallest absolute Gasteiger partial charge is 0.326 e. The Hall–Kier alpha value is -1.24. The Morgan fingerprint density at radius 2 is 1.80 bits per heavy atom. The third kappa shape index (κ3) is 6.78. The summed E-state index contributed by atoms with van der Waals surface area (Å²) in [6, 6.07) is -0.996. The van der Waals surface area contributed by atoms with Gasteiger partial charge in [-0.05, 0) is 12.2 Å². The maximum absolute atomic E-state index is 11.1. The standard InChI is InChI=1S/C8H13NO5S/c10-6(1-2-7(11)12)9-5(3-4-15)8(13)14/h5,15H,1-4H2,(H,9,10)(H,11,12)(H,13,14)/t5-/m1/s1. The first-order valence-electron chi connectivity index (χ1n) is 4.32. The zero-order valence-electron chi connectivity index (χ0n) is 7.97. The number of carboxylic acids is 2. The molecule has 0 rings (SSSR count). The summed E-state index contributed by atoms with van der Waals surface area (Å²) in [5.41, 5.74) is 0. The fourth-order valence-corrected chi connectivity index (χ4v) is 1.13. The average Bonchev–Trinajstić information content (AvgIpc) is 2.14. The van der Waals surface area contributed by atoms with Crippen molar-refractivity contribution in [2.45, 2.75) is 25.3 Å². The molecule has 0 aromatic heterocycles. The van der Waals surface area contributed by atoms with Crippen LogP contribution in [0.25, 0.3) is 0 Å². The third-order valence-corrected chi connectivity index (χ3v) is 1.88. The van der Waals surface area contributed by atoms with Crippen molar-refractivity contribution in [2.75, 3.05) is 5.75 Å². The Morgan fingerprint density at radius 1 is 1.20 bits per heavy atom. The number of amides is 1. The van der Waals surface area contributed by atoms with Gasteiger partial charge in [0.25, 0.3) is 0 Å². The molecule has 1 amide bonds. The topological polar surface area (TPSA) is 104 Å². The molecule has 0 aromatic rings. The van der Waals surface area contributed by atoms with Gasteiger partial charge in [0, 0.05) is 6.42 Å². The first kappa shape index (κ1) is 13.8. The minimum absolute atomic E-state index is 0.206. The molecule has 6 nitrogen and oxygen atoms in total. The lowest BCUT2D eigenvalue weighted by atomic mass is 10.2. The second-order valence-corrected chi connectivity index (χ2v) is 3.31. The van der Waals surface area contributed by atoms with Crippen LogP contribution in [-0.2, 0) is 14.4 Å². The van der Waals surface area contributed by atoms with Gasteiger partial charge >= 0.3 is 11.9 Å². The van der Waals surface area contributed by atoms with Crippen LogP contribution in [0.3, 0.4) is 0 Å². The largest absolute Gasteiger partial charge is 0.481 e. The molecule has 0 saturated heterocycles. The number of hydrogen-bond acceptors (Lipinski definition) is 4. The number of hydrogen-bond donors (Lipinski definition) is 4. The predicted octanol–water partition coefficient (Wildman–Crippen LogP) is -0.260. The lowest BCUT2D eigenvalue weighted by molar-refractivity contribution is -0.142. The van der Waals surface area contributed by atoms with E-state index in [-0.39, 0.29) is 19.3 Å². The van der Waals surface area contributed by atoms with Crippen molar-refractivity contribution in [2.24, 2.45) is 0 Å². The zero-order valence-corrected chi connectivity index (χ0v) is 8.87. The average molecular weight is 235 g/mol. The van der Waals surface area contributed by atoms with Crippen LogP contribution < -0.4 is 5.32 Å². The van der Waals surface area contributed by atoms with E-state index in [0.717, 1.165) is 0 Å². The van der Waals surface area contributed by atoms with Crippen LogP contribution >= 0.6 is 12.6 Å². The predicted molar refractivity (Wildman–Crippen MR) is 54.9 cm³/mol. The van der Waals surface area contributed by atoms with Gasteiger partial charge in [-0.1, -0.05) is 0 Å². The van der Waals surface area contributed by atoms with E-state index < -0.39 is 23.9 Å². The lowest BCUT2D eigenvalue weighted by Gasteiger charge is -2.12. The first-order chi connectivity index (χ1) is 6.97. The molecule has 0 aliphatic carbocycles. The van der Waals surface area contributed by atoms with Gasteiger partial charge in [0.05, 0.1) is 6.42 Å². The molecule has 0 aromatic carbocycles. The molecule has 0 fully saturated rings. The first-order valence-corrected chi connectivity index (χ1v) is 4.95. The number of nitrogens with one attached hydrogen (secondary N) is 1. The van der Waals surface area contributed by atoms with E-state index in [1.807, 2.05) is 0 Å². The number of thiol groups is 1. The normalized spacial score (nSPS) is 11.8. The van der Waals surface area contributed by atoms with Crippen LogP contribution in [0.4, 0.5) is 0 Å². The van der Waals surface area contributed by atoms with Gasteiger partial charge in [0.15, 0.2) is 0 Å². The summed E-state index contributed by atoms with van der Waals surface area (Å²) >= 11 is 3.85.